The molecule has 3 fully saturated rings. The number of anilines is 1. The van der Waals surface area contributed by atoms with Crippen LogP contribution in [0.2, 0.25) is 0 Å². The van der Waals surface area contributed by atoms with Gasteiger partial charge in [-0.1, -0.05) is 45.9 Å². The van der Waals surface area contributed by atoms with Crippen LogP contribution in [0.1, 0.15) is 78.2 Å². The van der Waals surface area contributed by atoms with Gasteiger partial charge < -0.3 is 10.0 Å². The number of carbonyl (C=O) groups excluding carboxylic acids is 1. The Balaban J connectivity index is 1.62. The fourth-order valence-electron chi connectivity index (χ4n) is 8.67. The predicted molar refractivity (Wildman–Crippen MR) is 112 cm³/mol. The molecule has 7 atom stereocenters. The van der Waals surface area contributed by atoms with Crippen LogP contribution in [0.25, 0.3) is 0 Å². The van der Waals surface area contributed by atoms with Gasteiger partial charge in [0.15, 0.2) is 0 Å². The molecule has 28 heavy (non-hydrogen) atoms. The minimum absolute atomic E-state index is 0.0236. The maximum atomic E-state index is 12.7. The van der Waals surface area contributed by atoms with Gasteiger partial charge in [0.05, 0.1) is 6.10 Å². The van der Waals surface area contributed by atoms with E-state index in [1.807, 2.05) is 0 Å². The molecule has 3 heteroatoms. The summed E-state index contributed by atoms with van der Waals surface area (Å²) in [7, 11) is 0. The van der Waals surface area contributed by atoms with Gasteiger partial charge in [0, 0.05) is 24.6 Å². The van der Waals surface area contributed by atoms with Gasteiger partial charge in [0.2, 0.25) is 5.91 Å². The largest absolute Gasteiger partial charge is 0.393 e. The van der Waals surface area contributed by atoms with Crippen LogP contribution in [0.5, 0.6) is 0 Å². The third-order valence-electron chi connectivity index (χ3n) is 9.85. The zero-order valence-corrected chi connectivity index (χ0v) is 18.0. The van der Waals surface area contributed by atoms with Gasteiger partial charge >= 0.3 is 0 Å². The molecule has 1 aliphatic heterocycles. The zero-order valence-electron chi connectivity index (χ0n) is 18.0. The lowest BCUT2D eigenvalue weighted by molar-refractivity contribution is -0.164. The number of fused-ring (bicyclic) bond motifs is 7. The molecule has 1 aromatic carbocycles. The van der Waals surface area contributed by atoms with Crippen LogP contribution in [0.3, 0.4) is 0 Å². The molecule has 3 saturated carbocycles. The maximum Gasteiger partial charge on any atom is 0.224 e. The third-order valence-corrected chi connectivity index (χ3v) is 9.85. The topological polar surface area (TPSA) is 40.5 Å². The Labute approximate surface area is 169 Å². The van der Waals surface area contributed by atoms with Gasteiger partial charge in [-0.3, -0.25) is 4.79 Å². The molecule has 0 aromatic heterocycles. The minimum Gasteiger partial charge on any atom is -0.393 e. The van der Waals surface area contributed by atoms with Crippen molar-refractivity contribution in [2.24, 2.45) is 28.1 Å². The van der Waals surface area contributed by atoms with E-state index in [4.69, 9.17) is 0 Å². The molecule has 4 aliphatic rings. The Kier molecular flexibility index (Phi) is 3.75. The van der Waals surface area contributed by atoms with Crippen LogP contribution in [-0.4, -0.2) is 23.2 Å². The average molecular weight is 382 g/mol. The zero-order chi connectivity index (χ0) is 20.1. The molecule has 1 amide bonds. The Hall–Kier alpha value is -1.35. The lowest BCUT2D eigenvalue weighted by atomic mass is 9.42. The highest BCUT2D eigenvalue weighted by Gasteiger charge is 2.68. The molecule has 5 rings (SSSR count). The van der Waals surface area contributed by atoms with Crippen molar-refractivity contribution in [2.45, 2.75) is 84.8 Å². The molecule has 3 nitrogen and oxygen atoms in total. The lowest BCUT2D eigenvalue weighted by Gasteiger charge is -2.62. The molecule has 0 bridgehead atoms. The van der Waals surface area contributed by atoms with Crippen LogP contribution >= 0.6 is 0 Å². The highest BCUT2D eigenvalue weighted by Crippen LogP contribution is 2.73. The molecule has 1 N–H and O–H groups in total. The van der Waals surface area contributed by atoms with E-state index in [0.717, 1.165) is 24.9 Å². The minimum atomic E-state index is -0.190. The van der Waals surface area contributed by atoms with Crippen molar-refractivity contribution in [2.75, 3.05) is 4.90 Å². The van der Waals surface area contributed by atoms with E-state index in [0.29, 0.717) is 23.8 Å². The van der Waals surface area contributed by atoms with E-state index in [1.54, 1.807) is 6.92 Å². The van der Waals surface area contributed by atoms with Gasteiger partial charge in [0.1, 0.15) is 0 Å². The number of aliphatic hydroxyl groups excluding tert-OH is 1. The summed E-state index contributed by atoms with van der Waals surface area (Å²) in [6.07, 6.45) is 5.34. The van der Waals surface area contributed by atoms with Gasteiger partial charge in [-0.25, -0.2) is 0 Å². The normalized spacial score (nSPS) is 45.8. The summed E-state index contributed by atoms with van der Waals surface area (Å²) in [5.74, 6) is 1.80. The second-order valence-corrected chi connectivity index (χ2v) is 11.3. The predicted octanol–water partition coefficient (Wildman–Crippen LogP) is 5.13. The summed E-state index contributed by atoms with van der Waals surface area (Å²) >= 11 is 0. The number of hydrogen-bond acceptors (Lipinski definition) is 2. The Bertz CT molecular complexity index is 832. The molecule has 1 aromatic rings. The fourth-order valence-corrected chi connectivity index (χ4v) is 8.67. The lowest BCUT2D eigenvalue weighted by Crippen LogP contribution is -2.57. The summed E-state index contributed by atoms with van der Waals surface area (Å²) in [5.41, 5.74) is 3.00. The van der Waals surface area contributed by atoms with E-state index in [-0.39, 0.29) is 28.3 Å². The fraction of sp³-hybridized carbons (Fsp3) is 0.720. The van der Waals surface area contributed by atoms with Gasteiger partial charge in [-0.15, -0.1) is 0 Å². The van der Waals surface area contributed by atoms with Gasteiger partial charge in [-0.05, 0) is 71.8 Å². The first-order chi connectivity index (χ1) is 13.1. The van der Waals surface area contributed by atoms with E-state index >= 15 is 0 Å². The van der Waals surface area contributed by atoms with Crippen molar-refractivity contribution in [3.63, 3.8) is 0 Å². The van der Waals surface area contributed by atoms with Crippen LogP contribution < -0.4 is 4.90 Å². The number of hydrogen-bond donors (Lipinski definition) is 1. The number of nitrogens with zero attached hydrogens (tertiary/aromatic N) is 1. The van der Waals surface area contributed by atoms with Crippen molar-refractivity contribution < 1.29 is 9.90 Å². The molecular weight excluding hydrogens is 346 g/mol. The molecule has 0 saturated heterocycles. The first-order valence-electron chi connectivity index (χ1n) is 11.2. The number of para-hydroxylation sites is 1. The van der Waals surface area contributed by atoms with E-state index in [2.05, 4.69) is 56.9 Å². The summed E-state index contributed by atoms with van der Waals surface area (Å²) in [5, 5.41) is 10.7. The molecule has 0 radical (unpaired) electrons. The molecule has 3 aliphatic carbocycles. The van der Waals surface area contributed by atoms with Crippen LogP contribution in [-0.2, 0) is 4.79 Å². The monoisotopic (exact) mass is 381 g/mol. The second-order valence-electron chi connectivity index (χ2n) is 11.3. The molecule has 0 unspecified atom stereocenters. The van der Waals surface area contributed by atoms with Crippen molar-refractivity contribution >= 4 is 11.6 Å². The van der Waals surface area contributed by atoms with Crippen molar-refractivity contribution in [3.05, 3.63) is 29.8 Å². The molecule has 1 heterocycles. The number of rotatable bonds is 0. The molecular formula is C25H35NO2. The van der Waals surface area contributed by atoms with E-state index < -0.39 is 0 Å². The Morgan fingerprint density at radius 2 is 1.71 bits per heavy atom. The standard InChI is InChI=1S/C25H35NO2/c1-15(27)26-17-9-7-6-8-16(17)22-18(26)14-20-24(4)13-11-21(28)23(2,3)19(24)10-12-25(20,22)5/h6-9,18-22,28H,10-14H2,1-5H3/t18-,19-,20-,21+,22-,24-,25+/m0/s1. The number of benzene rings is 1. The number of amides is 1. The smallest absolute Gasteiger partial charge is 0.224 e. The summed E-state index contributed by atoms with van der Waals surface area (Å²) in [4.78, 5) is 14.8. The Morgan fingerprint density at radius 3 is 2.43 bits per heavy atom. The van der Waals surface area contributed by atoms with Crippen molar-refractivity contribution in [1.82, 2.24) is 0 Å². The highest BCUT2D eigenvalue weighted by atomic mass is 16.3. The highest BCUT2D eigenvalue weighted by molar-refractivity contribution is 5.95. The van der Waals surface area contributed by atoms with Crippen LogP contribution in [0, 0.1) is 28.1 Å². The maximum absolute atomic E-state index is 12.7. The number of aliphatic hydroxyl groups is 1. The SMILES string of the molecule is CC(=O)N1c2ccccc2[C@H]2[C@@H]1C[C@@H]1[C@@]2(C)CC[C@H]2C(C)(C)[C@H](O)CC[C@]12C. The average Bonchev–Trinajstić information content (AvgIpc) is 3.12. The summed E-state index contributed by atoms with van der Waals surface area (Å²) in [6, 6.07) is 8.92. The summed E-state index contributed by atoms with van der Waals surface area (Å²) in [6.45, 7) is 11.3. The van der Waals surface area contributed by atoms with E-state index in [1.165, 1.54) is 18.4 Å². The van der Waals surface area contributed by atoms with Gasteiger partial charge in [-0.2, -0.15) is 0 Å². The second kappa shape index (κ2) is 5.62. The molecule has 0 spiro atoms. The summed E-state index contributed by atoms with van der Waals surface area (Å²) < 4.78 is 0. The van der Waals surface area contributed by atoms with Crippen LogP contribution in [0.4, 0.5) is 5.69 Å². The Morgan fingerprint density at radius 1 is 1.04 bits per heavy atom. The quantitative estimate of drug-likeness (QED) is 0.677. The number of carbonyl (C=O) groups is 1. The van der Waals surface area contributed by atoms with Crippen molar-refractivity contribution in [3.8, 4) is 0 Å². The molecule has 152 valence electrons. The first-order valence-corrected chi connectivity index (χ1v) is 11.2. The first kappa shape index (κ1) is 18.7. The van der Waals surface area contributed by atoms with Crippen molar-refractivity contribution in [1.29, 1.82) is 0 Å². The van der Waals surface area contributed by atoms with Crippen LogP contribution in [0.15, 0.2) is 24.3 Å². The third kappa shape index (κ3) is 2.07. The van der Waals surface area contributed by atoms with Gasteiger partial charge in [0.25, 0.3) is 0 Å². The van der Waals surface area contributed by atoms with E-state index in [9.17, 15) is 9.90 Å².